The fourth-order valence-corrected chi connectivity index (χ4v) is 0.695. The Morgan fingerprint density at radius 1 is 1.43 bits per heavy atom. The van der Waals surface area contributed by atoms with E-state index in [-0.39, 0.29) is 18.6 Å². The van der Waals surface area contributed by atoms with Crippen molar-refractivity contribution in [2.45, 2.75) is 26.7 Å². The van der Waals surface area contributed by atoms with Crippen LogP contribution in [0, 0.1) is 0 Å². The zero-order valence-corrected chi connectivity index (χ0v) is 7.14. The number of halogens is 1. The van der Waals surface area contributed by atoms with Gasteiger partial charge in [-0.1, -0.05) is 19.6 Å². The van der Waals surface area contributed by atoms with Crippen molar-refractivity contribution in [3.63, 3.8) is 0 Å². The van der Waals surface area contributed by atoms with Crippen molar-refractivity contribution in [2.75, 3.05) is 6.61 Å². The van der Waals surface area contributed by atoms with Crippen molar-refractivity contribution in [3.8, 4) is 0 Å². The number of carboxylic acid groups (broad SMARTS) is 1. The van der Waals surface area contributed by atoms with Gasteiger partial charge in [0.15, 0.2) is 6.61 Å². The third-order valence-electron chi connectivity index (χ3n) is 1.18. The summed E-state index contributed by atoms with van der Waals surface area (Å²) in [7, 11) is 0. The van der Waals surface area contributed by atoms with E-state index in [1.165, 1.54) is 19.3 Å². The number of hydrogen-bond donors (Lipinski definition) is 1. The molecule has 0 saturated heterocycles. The summed E-state index contributed by atoms with van der Waals surface area (Å²) in [4.78, 5) is 18.7. The number of aliphatic carboxylic acids is 1. The minimum absolute atomic E-state index is 0. The molecule has 0 aromatic carbocycles. The molecule has 0 radical (unpaired) electrons. The molecule has 1 aliphatic rings. The fraction of sp³-hybridized carbons (Fsp3) is 0.556. The van der Waals surface area contributed by atoms with E-state index in [9.17, 15) is 9.59 Å². The predicted octanol–water partition coefficient (Wildman–Crippen LogP) is 1.76. The van der Waals surface area contributed by atoms with E-state index in [0.29, 0.717) is 0 Å². The van der Waals surface area contributed by atoms with Crippen LogP contribution in [-0.4, -0.2) is 24.2 Å². The second-order valence-electron chi connectivity index (χ2n) is 2.20. The first kappa shape index (κ1) is 18.4. The van der Waals surface area contributed by atoms with Gasteiger partial charge in [-0.2, -0.15) is 0 Å². The largest absolute Gasteiger partial charge is 0.479 e. The quantitative estimate of drug-likeness (QED) is 0.567. The highest BCUT2D eigenvalue weighted by molar-refractivity contribution is 5.69. The molecule has 84 valence electrons. The minimum Gasteiger partial charge on any atom is -0.479 e. The average Bonchev–Trinajstić information content (AvgIpc) is 2.57. The maximum absolute atomic E-state index is 9.47. The van der Waals surface area contributed by atoms with Gasteiger partial charge >= 0.3 is 5.97 Å². The van der Waals surface area contributed by atoms with Crippen LogP contribution in [-0.2, 0) is 14.3 Å². The highest BCUT2D eigenvalue weighted by atomic mass is 19.0. The van der Waals surface area contributed by atoms with E-state index >= 15 is 0 Å². The average molecular weight is 208 g/mol. The van der Waals surface area contributed by atoms with Crippen LogP contribution < -0.4 is 0 Å². The Labute approximate surface area is 82.9 Å². The lowest BCUT2D eigenvalue weighted by molar-refractivity contribution is -0.147. The normalized spacial score (nSPS) is 11.1. The number of carboxylic acids is 1. The number of allylic oxidation sites excluding steroid dienone is 2. The molecule has 0 unspecified atom stereocenters. The highest BCUT2D eigenvalue weighted by Crippen LogP contribution is 2.05. The molecule has 1 rings (SSSR count). The summed E-state index contributed by atoms with van der Waals surface area (Å²) >= 11 is 0. The van der Waals surface area contributed by atoms with E-state index in [1.807, 2.05) is 0 Å². The summed E-state index contributed by atoms with van der Waals surface area (Å²) in [6.45, 7) is -0.461. The van der Waals surface area contributed by atoms with Crippen molar-refractivity contribution < 1.29 is 24.1 Å². The summed E-state index contributed by atoms with van der Waals surface area (Å²) in [6, 6.07) is 0. The van der Waals surface area contributed by atoms with Gasteiger partial charge in [0.1, 0.15) is 0 Å². The lowest BCUT2D eigenvalue weighted by Crippen LogP contribution is -2.04. The molecule has 0 heterocycles. The van der Waals surface area contributed by atoms with E-state index in [2.05, 4.69) is 16.9 Å². The third-order valence-corrected chi connectivity index (χ3v) is 1.18. The molecule has 5 heteroatoms. The van der Waals surface area contributed by atoms with Gasteiger partial charge in [0.05, 0.1) is 0 Å². The van der Waals surface area contributed by atoms with Crippen molar-refractivity contribution in [2.24, 2.45) is 0 Å². The van der Waals surface area contributed by atoms with Gasteiger partial charge in [-0.15, -0.1) is 0 Å². The summed E-state index contributed by atoms with van der Waals surface area (Å²) in [5, 5.41) is 7.76. The molecule has 4 nitrogen and oxygen atoms in total. The Bertz CT molecular complexity index is 162. The molecule has 0 fully saturated rings. The summed E-state index contributed by atoms with van der Waals surface area (Å²) in [5.41, 5.74) is 0. The molecule has 0 saturated carbocycles. The van der Waals surface area contributed by atoms with Crippen LogP contribution >= 0.6 is 0 Å². The SMILES string of the molecule is C.C1=CCCC1.F.O=COCC(=O)O. The highest BCUT2D eigenvalue weighted by Gasteiger charge is 1.90. The van der Waals surface area contributed by atoms with Crippen molar-refractivity contribution >= 4 is 12.4 Å². The molecule has 0 bridgehead atoms. The number of rotatable bonds is 3. The van der Waals surface area contributed by atoms with Crippen molar-refractivity contribution in [3.05, 3.63) is 12.2 Å². The van der Waals surface area contributed by atoms with E-state index in [1.54, 1.807) is 0 Å². The van der Waals surface area contributed by atoms with Crippen LogP contribution in [0.4, 0.5) is 4.70 Å². The Balaban J connectivity index is -0.000000155. The van der Waals surface area contributed by atoms with Crippen LogP contribution in [0.25, 0.3) is 0 Å². The molecule has 0 atom stereocenters. The predicted molar refractivity (Wildman–Crippen MR) is 51.9 cm³/mol. The first-order chi connectivity index (χ1) is 5.77. The van der Waals surface area contributed by atoms with Crippen LogP contribution in [0.5, 0.6) is 0 Å². The maximum atomic E-state index is 9.47. The third kappa shape index (κ3) is 16.9. The topological polar surface area (TPSA) is 63.6 Å². The summed E-state index contributed by atoms with van der Waals surface area (Å²) in [6.07, 6.45) is 8.50. The monoisotopic (exact) mass is 208 g/mol. The van der Waals surface area contributed by atoms with Gasteiger partial charge in [-0.25, -0.2) is 4.79 Å². The zero-order valence-electron chi connectivity index (χ0n) is 7.14. The van der Waals surface area contributed by atoms with Gasteiger partial charge in [0.2, 0.25) is 0 Å². The van der Waals surface area contributed by atoms with Crippen LogP contribution in [0.3, 0.4) is 0 Å². The number of hydrogen-bond acceptors (Lipinski definition) is 3. The van der Waals surface area contributed by atoms with Gasteiger partial charge in [0.25, 0.3) is 6.47 Å². The van der Waals surface area contributed by atoms with Gasteiger partial charge in [-0.05, 0) is 19.3 Å². The standard InChI is InChI=1S/C5H8.C3H4O4.CH4.FH/c1-2-4-5-3-1;4-2-7-1-3(5)6;;/h1-2H,3-5H2;2H,1H2,(H,5,6);1H4;1H. The first-order valence-electron chi connectivity index (χ1n) is 3.69. The molecule has 1 N–H and O–H groups in total. The van der Waals surface area contributed by atoms with Crippen LogP contribution in [0.15, 0.2) is 12.2 Å². The zero-order chi connectivity index (χ0) is 9.23. The number of ether oxygens (including phenoxy) is 1. The molecule has 1 aliphatic carbocycles. The molecule has 14 heavy (non-hydrogen) atoms. The molecule has 0 aromatic heterocycles. The van der Waals surface area contributed by atoms with E-state index in [0.717, 1.165) is 0 Å². The number of carbonyl (C=O) groups is 2. The van der Waals surface area contributed by atoms with Crippen LogP contribution in [0.1, 0.15) is 26.7 Å². The maximum Gasteiger partial charge on any atom is 0.341 e. The second kappa shape index (κ2) is 14.2. The van der Waals surface area contributed by atoms with Crippen molar-refractivity contribution in [1.82, 2.24) is 0 Å². The molecule has 0 amide bonds. The Hall–Kier alpha value is -1.39. The Morgan fingerprint density at radius 3 is 2.07 bits per heavy atom. The van der Waals surface area contributed by atoms with Crippen LogP contribution in [0.2, 0.25) is 0 Å². The van der Waals surface area contributed by atoms with E-state index < -0.39 is 12.6 Å². The Kier molecular flexibility index (Phi) is 18.6. The van der Waals surface area contributed by atoms with Gasteiger partial charge < -0.3 is 9.84 Å². The fourth-order valence-electron chi connectivity index (χ4n) is 0.695. The Morgan fingerprint density at radius 2 is 1.93 bits per heavy atom. The number of carbonyl (C=O) groups excluding carboxylic acids is 1. The molecule has 0 aromatic rings. The smallest absolute Gasteiger partial charge is 0.341 e. The lowest BCUT2D eigenvalue weighted by Gasteiger charge is -1.85. The first-order valence-corrected chi connectivity index (χ1v) is 3.69. The second-order valence-corrected chi connectivity index (χ2v) is 2.20. The minimum atomic E-state index is -1.15. The lowest BCUT2D eigenvalue weighted by atomic mass is 10.4. The molecular formula is C9H17FO4. The summed E-state index contributed by atoms with van der Waals surface area (Å²) < 4.78 is 3.81. The van der Waals surface area contributed by atoms with Gasteiger partial charge in [-0.3, -0.25) is 9.50 Å². The molecular weight excluding hydrogens is 191 g/mol. The summed E-state index contributed by atoms with van der Waals surface area (Å²) in [5.74, 6) is -1.15. The molecule has 0 spiro atoms. The molecule has 0 aliphatic heterocycles. The van der Waals surface area contributed by atoms with Gasteiger partial charge in [0, 0.05) is 0 Å². The van der Waals surface area contributed by atoms with Crippen molar-refractivity contribution in [1.29, 1.82) is 0 Å². The van der Waals surface area contributed by atoms with E-state index in [4.69, 9.17) is 5.11 Å².